The van der Waals surface area contributed by atoms with Gasteiger partial charge in [-0.15, -0.1) is 11.3 Å². The van der Waals surface area contributed by atoms with E-state index in [9.17, 15) is 4.79 Å². The van der Waals surface area contributed by atoms with E-state index in [2.05, 4.69) is 17.2 Å². The number of piperidine rings is 1. The summed E-state index contributed by atoms with van der Waals surface area (Å²) in [6.45, 7) is 5.33. The molecule has 0 radical (unpaired) electrons. The molecule has 1 aliphatic heterocycles. The molecule has 0 spiro atoms. The van der Waals surface area contributed by atoms with Gasteiger partial charge in [-0.1, -0.05) is 17.7 Å². The normalized spacial score (nSPS) is 15.8. The maximum atomic E-state index is 12.1. The highest BCUT2D eigenvalue weighted by Gasteiger charge is 2.26. The SMILES string of the molecule is Cc1ccc(OCc2nc(CN3CCC(C(=O)N(C)C)CC3)cs2)cc1. The highest BCUT2D eigenvalue weighted by molar-refractivity contribution is 7.09. The number of likely N-dealkylation sites (tertiary alicyclic amines) is 1. The molecule has 0 saturated carbocycles. The van der Waals surface area contributed by atoms with Crippen LogP contribution in [0.5, 0.6) is 5.75 Å². The molecule has 0 unspecified atom stereocenters. The predicted molar refractivity (Wildman–Crippen MR) is 104 cm³/mol. The monoisotopic (exact) mass is 373 g/mol. The average molecular weight is 374 g/mol. The van der Waals surface area contributed by atoms with Crippen LogP contribution in [0.3, 0.4) is 0 Å². The van der Waals surface area contributed by atoms with Crippen molar-refractivity contribution in [2.24, 2.45) is 5.92 Å². The van der Waals surface area contributed by atoms with Crippen molar-refractivity contribution < 1.29 is 9.53 Å². The second kappa shape index (κ2) is 8.64. The summed E-state index contributed by atoms with van der Waals surface area (Å²) in [4.78, 5) is 20.8. The van der Waals surface area contributed by atoms with Gasteiger partial charge in [-0.3, -0.25) is 9.69 Å². The second-order valence-corrected chi connectivity index (χ2v) is 8.06. The Morgan fingerprint density at radius 1 is 1.27 bits per heavy atom. The number of aromatic nitrogens is 1. The predicted octanol–water partition coefficient (Wildman–Crippen LogP) is 3.33. The summed E-state index contributed by atoms with van der Waals surface area (Å²) in [6.07, 6.45) is 1.87. The fourth-order valence-corrected chi connectivity index (χ4v) is 3.90. The molecule has 1 aromatic carbocycles. The van der Waals surface area contributed by atoms with Crippen LogP contribution in [0.2, 0.25) is 0 Å². The third-order valence-electron chi connectivity index (χ3n) is 4.75. The van der Waals surface area contributed by atoms with Crippen LogP contribution in [0.4, 0.5) is 0 Å². The molecule has 0 aliphatic carbocycles. The Morgan fingerprint density at radius 2 is 1.96 bits per heavy atom. The summed E-state index contributed by atoms with van der Waals surface area (Å²) in [5.74, 6) is 1.31. The van der Waals surface area contributed by atoms with Gasteiger partial charge in [0.05, 0.1) is 5.69 Å². The van der Waals surface area contributed by atoms with Gasteiger partial charge in [-0.25, -0.2) is 4.98 Å². The number of hydrogen-bond acceptors (Lipinski definition) is 5. The number of hydrogen-bond donors (Lipinski definition) is 0. The molecule has 1 aliphatic rings. The first-order valence-electron chi connectivity index (χ1n) is 9.07. The van der Waals surface area contributed by atoms with E-state index in [0.29, 0.717) is 6.61 Å². The molecule has 1 fully saturated rings. The average Bonchev–Trinajstić information content (AvgIpc) is 3.08. The fraction of sp³-hybridized carbons (Fsp3) is 0.500. The largest absolute Gasteiger partial charge is 0.486 e. The molecular formula is C20H27N3O2S. The molecule has 0 N–H and O–H groups in total. The number of benzene rings is 1. The summed E-state index contributed by atoms with van der Waals surface area (Å²) in [5, 5.41) is 3.11. The van der Waals surface area contributed by atoms with Crippen LogP contribution in [-0.4, -0.2) is 47.9 Å². The summed E-state index contributed by atoms with van der Waals surface area (Å²) in [7, 11) is 3.67. The molecule has 6 heteroatoms. The van der Waals surface area contributed by atoms with Crippen LogP contribution >= 0.6 is 11.3 Å². The zero-order chi connectivity index (χ0) is 18.5. The Morgan fingerprint density at radius 3 is 2.62 bits per heavy atom. The van der Waals surface area contributed by atoms with Crippen LogP contribution in [0.15, 0.2) is 29.6 Å². The van der Waals surface area contributed by atoms with Gasteiger partial charge in [-0.2, -0.15) is 0 Å². The smallest absolute Gasteiger partial charge is 0.225 e. The van der Waals surface area contributed by atoms with Gasteiger partial charge >= 0.3 is 0 Å². The summed E-state index contributed by atoms with van der Waals surface area (Å²) >= 11 is 1.65. The van der Waals surface area contributed by atoms with Crippen LogP contribution in [0.25, 0.3) is 0 Å². The highest BCUT2D eigenvalue weighted by atomic mass is 32.1. The second-order valence-electron chi connectivity index (χ2n) is 7.12. The van der Waals surface area contributed by atoms with Crippen LogP contribution in [-0.2, 0) is 17.9 Å². The molecule has 3 rings (SSSR count). The van der Waals surface area contributed by atoms with Crippen LogP contribution in [0, 0.1) is 12.8 Å². The molecule has 2 aromatic rings. The molecule has 5 nitrogen and oxygen atoms in total. The van der Waals surface area contributed by atoms with Crippen molar-refractivity contribution in [3.63, 3.8) is 0 Å². The Hall–Kier alpha value is -1.92. The number of carbonyl (C=O) groups excluding carboxylic acids is 1. The van der Waals surface area contributed by atoms with E-state index in [4.69, 9.17) is 9.72 Å². The zero-order valence-electron chi connectivity index (χ0n) is 15.8. The van der Waals surface area contributed by atoms with Crippen LogP contribution < -0.4 is 4.74 Å². The summed E-state index contributed by atoms with van der Waals surface area (Å²) in [5.41, 5.74) is 2.32. The summed E-state index contributed by atoms with van der Waals surface area (Å²) < 4.78 is 5.81. The first-order valence-corrected chi connectivity index (χ1v) is 9.95. The number of thiazole rings is 1. The Labute approximate surface area is 159 Å². The lowest BCUT2D eigenvalue weighted by Crippen LogP contribution is -2.39. The van der Waals surface area contributed by atoms with Crippen molar-refractivity contribution in [2.45, 2.75) is 32.9 Å². The minimum absolute atomic E-state index is 0.176. The summed E-state index contributed by atoms with van der Waals surface area (Å²) in [6, 6.07) is 8.08. The topological polar surface area (TPSA) is 45.7 Å². The van der Waals surface area contributed by atoms with E-state index in [-0.39, 0.29) is 11.8 Å². The molecule has 0 atom stereocenters. The number of aryl methyl sites for hydroxylation is 1. The standard InChI is InChI=1S/C20H27N3O2S/c1-15-4-6-18(7-5-15)25-13-19-21-17(14-26-19)12-23-10-8-16(9-11-23)20(24)22(2)3/h4-7,14,16H,8-13H2,1-3H3. The van der Waals surface area contributed by atoms with Crippen molar-refractivity contribution in [1.82, 2.24) is 14.8 Å². The lowest BCUT2D eigenvalue weighted by atomic mass is 9.95. The Balaban J connectivity index is 1.45. The van der Waals surface area contributed by atoms with E-state index in [1.165, 1.54) is 5.56 Å². The van der Waals surface area contributed by atoms with Crippen molar-refractivity contribution >= 4 is 17.2 Å². The third-order valence-corrected chi connectivity index (χ3v) is 5.62. The van der Waals surface area contributed by atoms with Crippen molar-refractivity contribution in [3.8, 4) is 5.75 Å². The molecule has 2 heterocycles. The maximum Gasteiger partial charge on any atom is 0.225 e. The van der Waals surface area contributed by atoms with Crippen molar-refractivity contribution in [1.29, 1.82) is 0 Å². The lowest BCUT2D eigenvalue weighted by molar-refractivity contribution is -0.134. The van der Waals surface area contributed by atoms with E-state index in [1.807, 2.05) is 38.4 Å². The van der Waals surface area contributed by atoms with Gasteiger partial charge in [0.2, 0.25) is 5.91 Å². The Kier molecular flexibility index (Phi) is 6.27. The van der Waals surface area contributed by atoms with Gasteiger partial charge < -0.3 is 9.64 Å². The quantitative estimate of drug-likeness (QED) is 0.779. The lowest BCUT2D eigenvalue weighted by Gasteiger charge is -2.31. The van der Waals surface area contributed by atoms with E-state index < -0.39 is 0 Å². The Bertz CT molecular complexity index is 719. The number of rotatable bonds is 6. The molecular weight excluding hydrogens is 346 g/mol. The van der Waals surface area contributed by atoms with Gasteiger partial charge in [-0.05, 0) is 45.0 Å². The number of carbonyl (C=O) groups is 1. The van der Waals surface area contributed by atoms with E-state index in [0.717, 1.165) is 48.9 Å². The first-order chi connectivity index (χ1) is 12.5. The molecule has 1 saturated heterocycles. The minimum Gasteiger partial charge on any atom is -0.486 e. The van der Waals surface area contributed by atoms with Gasteiger partial charge in [0.15, 0.2) is 0 Å². The van der Waals surface area contributed by atoms with Crippen LogP contribution in [0.1, 0.15) is 29.1 Å². The van der Waals surface area contributed by atoms with Gasteiger partial charge in [0.1, 0.15) is 17.4 Å². The zero-order valence-corrected chi connectivity index (χ0v) is 16.6. The molecule has 140 valence electrons. The fourth-order valence-electron chi connectivity index (χ4n) is 3.20. The minimum atomic E-state index is 0.176. The first kappa shape index (κ1) is 18.9. The highest BCUT2D eigenvalue weighted by Crippen LogP contribution is 2.22. The van der Waals surface area contributed by atoms with Gasteiger partial charge in [0, 0.05) is 31.9 Å². The van der Waals surface area contributed by atoms with E-state index >= 15 is 0 Å². The van der Waals surface area contributed by atoms with Gasteiger partial charge in [0.25, 0.3) is 0 Å². The molecule has 0 bridgehead atoms. The number of ether oxygens (including phenoxy) is 1. The van der Waals surface area contributed by atoms with Crippen molar-refractivity contribution in [2.75, 3.05) is 27.2 Å². The maximum absolute atomic E-state index is 12.1. The number of amides is 1. The number of nitrogens with zero attached hydrogens (tertiary/aromatic N) is 3. The molecule has 1 aromatic heterocycles. The molecule has 26 heavy (non-hydrogen) atoms. The van der Waals surface area contributed by atoms with Crippen molar-refractivity contribution in [3.05, 3.63) is 45.9 Å². The van der Waals surface area contributed by atoms with E-state index in [1.54, 1.807) is 16.2 Å². The molecule has 1 amide bonds. The third kappa shape index (κ3) is 5.05.